The molecule has 0 aliphatic carbocycles. The molecule has 1 aliphatic rings. The van der Waals surface area contributed by atoms with E-state index in [1.54, 1.807) is 6.92 Å². The fourth-order valence-electron chi connectivity index (χ4n) is 2.05. The highest BCUT2D eigenvalue weighted by molar-refractivity contribution is 6.00. The lowest BCUT2D eigenvalue weighted by atomic mass is 10.1. The molecule has 0 unspecified atom stereocenters. The van der Waals surface area contributed by atoms with E-state index >= 15 is 0 Å². The molecule has 0 atom stereocenters. The SMILES string of the molecule is C/C(=N\O)c1ccccc1OCCN1CCOCC1. The molecule has 1 fully saturated rings. The van der Waals surface area contributed by atoms with Crippen LogP contribution in [-0.2, 0) is 4.74 Å². The van der Waals surface area contributed by atoms with Gasteiger partial charge in [-0.3, -0.25) is 4.90 Å². The zero-order chi connectivity index (χ0) is 13.5. The molecule has 0 aromatic heterocycles. The predicted molar refractivity (Wildman–Crippen MR) is 73.2 cm³/mol. The van der Waals surface area contributed by atoms with E-state index in [1.165, 1.54) is 0 Å². The second-order valence-corrected chi connectivity index (χ2v) is 4.48. The van der Waals surface area contributed by atoms with Crippen molar-refractivity contribution in [1.29, 1.82) is 0 Å². The van der Waals surface area contributed by atoms with Gasteiger partial charge in [0.1, 0.15) is 12.4 Å². The monoisotopic (exact) mass is 264 g/mol. The number of hydrogen-bond donors (Lipinski definition) is 1. The highest BCUT2D eigenvalue weighted by Gasteiger charge is 2.11. The maximum absolute atomic E-state index is 8.85. The third-order valence-corrected chi connectivity index (χ3v) is 3.20. The van der Waals surface area contributed by atoms with E-state index < -0.39 is 0 Å². The van der Waals surface area contributed by atoms with Crippen molar-refractivity contribution in [3.8, 4) is 5.75 Å². The molecule has 1 aromatic rings. The molecule has 5 nitrogen and oxygen atoms in total. The lowest BCUT2D eigenvalue weighted by Crippen LogP contribution is -2.38. The fraction of sp³-hybridized carbons (Fsp3) is 0.500. The van der Waals surface area contributed by atoms with Crippen LogP contribution >= 0.6 is 0 Å². The number of rotatable bonds is 5. The number of nitrogens with zero attached hydrogens (tertiary/aromatic N) is 2. The van der Waals surface area contributed by atoms with E-state index in [-0.39, 0.29) is 0 Å². The van der Waals surface area contributed by atoms with Gasteiger partial charge in [0, 0.05) is 25.2 Å². The number of oxime groups is 1. The van der Waals surface area contributed by atoms with E-state index in [0.29, 0.717) is 12.3 Å². The van der Waals surface area contributed by atoms with Crippen molar-refractivity contribution in [2.75, 3.05) is 39.5 Å². The minimum atomic E-state index is 0.557. The summed E-state index contributed by atoms with van der Waals surface area (Å²) in [5.74, 6) is 0.756. The van der Waals surface area contributed by atoms with Crippen LogP contribution < -0.4 is 4.74 Å². The van der Waals surface area contributed by atoms with Crippen molar-refractivity contribution in [2.24, 2.45) is 5.16 Å². The van der Waals surface area contributed by atoms with Crippen molar-refractivity contribution < 1.29 is 14.7 Å². The smallest absolute Gasteiger partial charge is 0.128 e. The summed E-state index contributed by atoms with van der Waals surface area (Å²) in [6.07, 6.45) is 0. The average molecular weight is 264 g/mol. The maximum atomic E-state index is 8.85. The maximum Gasteiger partial charge on any atom is 0.128 e. The topological polar surface area (TPSA) is 54.3 Å². The Kier molecular flexibility index (Phi) is 5.18. The van der Waals surface area contributed by atoms with Crippen molar-refractivity contribution in [3.05, 3.63) is 29.8 Å². The van der Waals surface area contributed by atoms with Crippen molar-refractivity contribution in [1.82, 2.24) is 4.90 Å². The lowest BCUT2D eigenvalue weighted by molar-refractivity contribution is 0.0322. The largest absolute Gasteiger partial charge is 0.492 e. The van der Waals surface area contributed by atoms with E-state index in [2.05, 4.69) is 10.1 Å². The quantitative estimate of drug-likeness (QED) is 0.498. The number of morpholine rings is 1. The van der Waals surface area contributed by atoms with Crippen LogP contribution in [0.1, 0.15) is 12.5 Å². The minimum absolute atomic E-state index is 0.557. The van der Waals surface area contributed by atoms with Crippen LogP contribution in [0.25, 0.3) is 0 Å². The molecule has 104 valence electrons. The molecule has 0 saturated carbocycles. The summed E-state index contributed by atoms with van der Waals surface area (Å²) in [5.41, 5.74) is 1.38. The summed E-state index contributed by atoms with van der Waals surface area (Å²) >= 11 is 0. The zero-order valence-corrected chi connectivity index (χ0v) is 11.2. The molecular weight excluding hydrogens is 244 g/mol. The van der Waals surface area contributed by atoms with E-state index in [4.69, 9.17) is 14.7 Å². The van der Waals surface area contributed by atoms with E-state index in [1.807, 2.05) is 24.3 Å². The lowest BCUT2D eigenvalue weighted by Gasteiger charge is -2.26. The molecule has 2 rings (SSSR count). The Balaban J connectivity index is 1.88. The van der Waals surface area contributed by atoms with E-state index in [0.717, 1.165) is 44.2 Å². The van der Waals surface area contributed by atoms with Gasteiger partial charge in [0.25, 0.3) is 0 Å². The van der Waals surface area contributed by atoms with Gasteiger partial charge in [-0.05, 0) is 19.1 Å². The van der Waals surface area contributed by atoms with Crippen molar-refractivity contribution in [2.45, 2.75) is 6.92 Å². The highest BCUT2D eigenvalue weighted by Crippen LogP contribution is 2.18. The Hall–Kier alpha value is -1.59. The van der Waals surface area contributed by atoms with Gasteiger partial charge >= 0.3 is 0 Å². The summed E-state index contributed by atoms with van der Waals surface area (Å²) in [4.78, 5) is 2.32. The van der Waals surface area contributed by atoms with Gasteiger partial charge in [0.2, 0.25) is 0 Å². The molecule has 1 aliphatic heterocycles. The number of benzene rings is 1. The van der Waals surface area contributed by atoms with Crippen LogP contribution in [0.2, 0.25) is 0 Å². The molecular formula is C14H20N2O3. The van der Waals surface area contributed by atoms with Gasteiger partial charge in [-0.2, -0.15) is 0 Å². The molecule has 1 N–H and O–H groups in total. The zero-order valence-electron chi connectivity index (χ0n) is 11.2. The Morgan fingerprint density at radius 2 is 2.11 bits per heavy atom. The Labute approximate surface area is 113 Å². The molecule has 0 spiro atoms. The van der Waals surface area contributed by atoms with E-state index in [9.17, 15) is 0 Å². The first-order chi connectivity index (χ1) is 9.31. The molecule has 1 aromatic carbocycles. The fourth-order valence-corrected chi connectivity index (χ4v) is 2.05. The Morgan fingerprint density at radius 3 is 2.84 bits per heavy atom. The van der Waals surface area contributed by atoms with Crippen LogP contribution in [0.4, 0.5) is 0 Å². The molecule has 0 radical (unpaired) electrons. The Bertz CT molecular complexity index is 428. The van der Waals surface area contributed by atoms with Crippen molar-refractivity contribution >= 4 is 5.71 Å². The molecule has 1 saturated heterocycles. The number of para-hydroxylation sites is 1. The molecule has 0 amide bonds. The minimum Gasteiger partial charge on any atom is -0.492 e. The van der Waals surface area contributed by atoms with Gasteiger partial charge < -0.3 is 14.7 Å². The van der Waals surface area contributed by atoms with Crippen LogP contribution in [0.15, 0.2) is 29.4 Å². The predicted octanol–water partition coefficient (Wildman–Crippen LogP) is 1.60. The number of hydrogen-bond acceptors (Lipinski definition) is 5. The molecule has 19 heavy (non-hydrogen) atoms. The third-order valence-electron chi connectivity index (χ3n) is 3.20. The molecule has 0 bridgehead atoms. The number of ether oxygens (including phenoxy) is 2. The summed E-state index contributed by atoms with van der Waals surface area (Å²) in [7, 11) is 0. The molecule has 1 heterocycles. The highest BCUT2D eigenvalue weighted by atomic mass is 16.5. The van der Waals surface area contributed by atoms with Crippen LogP contribution in [0.5, 0.6) is 5.75 Å². The Morgan fingerprint density at radius 1 is 1.37 bits per heavy atom. The van der Waals surface area contributed by atoms with Crippen LogP contribution in [-0.4, -0.2) is 55.3 Å². The van der Waals surface area contributed by atoms with Gasteiger partial charge in [-0.15, -0.1) is 0 Å². The van der Waals surface area contributed by atoms with Crippen LogP contribution in [0.3, 0.4) is 0 Å². The average Bonchev–Trinajstić information content (AvgIpc) is 2.48. The second kappa shape index (κ2) is 7.11. The van der Waals surface area contributed by atoms with Gasteiger partial charge in [-0.1, -0.05) is 17.3 Å². The van der Waals surface area contributed by atoms with Crippen LogP contribution in [0, 0.1) is 0 Å². The standard InChI is InChI=1S/C14H20N2O3/c1-12(15-17)13-4-2-3-5-14(13)19-11-8-16-6-9-18-10-7-16/h2-5,17H,6-11H2,1H3/b15-12+. The van der Waals surface area contributed by atoms with Gasteiger partial charge in [0.15, 0.2) is 0 Å². The first-order valence-corrected chi connectivity index (χ1v) is 6.52. The summed E-state index contributed by atoms with van der Waals surface area (Å²) in [6.45, 7) is 6.77. The summed E-state index contributed by atoms with van der Waals surface area (Å²) < 4.78 is 11.1. The van der Waals surface area contributed by atoms with Gasteiger partial charge in [-0.25, -0.2) is 0 Å². The second-order valence-electron chi connectivity index (χ2n) is 4.48. The summed E-state index contributed by atoms with van der Waals surface area (Å²) in [6, 6.07) is 7.60. The summed E-state index contributed by atoms with van der Waals surface area (Å²) in [5, 5.41) is 12.1. The normalized spacial score (nSPS) is 17.4. The first-order valence-electron chi connectivity index (χ1n) is 6.52. The third kappa shape index (κ3) is 3.94. The van der Waals surface area contributed by atoms with Gasteiger partial charge in [0.05, 0.1) is 18.9 Å². The van der Waals surface area contributed by atoms with Crippen molar-refractivity contribution in [3.63, 3.8) is 0 Å². The molecule has 5 heteroatoms. The first kappa shape index (κ1) is 13.8.